The number of carbonyl (C=O) groups excluding carboxylic acids is 2. The van der Waals surface area contributed by atoms with Gasteiger partial charge < -0.3 is 9.47 Å². The molecule has 4 nitrogen and oxygen atoms in total. The minimum absolute atomic E-state index is 0.378. The average Bonchev–Trinajstić information content (AvgIpc) is 2.26. The molecule has 0 aliphatic heterocycles. The molecular weight excluding hydrogens is 244 g/mol. The Hall–Kier alpha value is -1.84. The van der Waals surface area contributed by atoms with Crippen LogP contribution < -0.4 is 0 Å². The van der Waals surface area contributed by atoms with Gasteiger partial charge in [0.15, 0.2) is 0 Å². The molecule has 104 valence electrons. The van der Waals surface area contributed by atoms with Gasteiger partial charge in [-0.1, -0.05) is 29.8 Å². The standard InChI is InChI=1S/C15H20O4/c1-10-6-5-7-14(8-10)9-15(19-13(4)17)11(2)18-12(3)16/h5-8,11,15H,9H2,1-4H3. The van der Waals surface area contributed by atoms with Crippen LogP contribution in [0.5, 0.6) is 0 Å². The number of ether oxygens (including phenoxy) is 2. The van der Waals surface area contributed by atoms with Crippen molar-refractivity contribution in [2.24, 2.45) is 0 Å². The summed E-state index contributed by atoms with van der Waals surface area (Å²) in [6.45, 7) is 6.42. The largest absolute Gasteiger partial charge is 0.459 e. The molecule has 2 unspecified atom stereocenters. The fraction of sp³-hybridized carbons (Fsp3) is 0.467. The first-order valence-corrected chi connectivity index (χ1v) is 6.28. The summed E-state index contributed by atoms with van der Waals surface area (Å²) < 4.78 is 10.3. The number of hydrogen-bond donors (Lipinski definition) is 0. The van der Waals surface area contributed by atoms with Crippen LogP contribution in [-0.4, -0.2) is 24.1 Å². The summed E-state index contributed by atoms with van der Waals surface area (Å²) in [7, 11) is 0. The fourth-order valence-corrected chi connectivity index (χ4v) is 1.93. The highest BCUT2D eigenvalue weighted by Crippen LogP contribution is 2.14. The van der Waals surface area contributed by atoms with Crippen LogP contribution in [0.15, 0.2) is 24.3 Å². The Kier molecular flexibility index (Phi) is 5.55. The van der Waals surface area contributed by atoms with Gasteiger partial charge in [-0.15, -0.1) is 0 Å². The summed E-state index contributed by atoms with van der Waals surface area (Å²) in [4.78, 5) is 22.1. The third-order valence-electron chi connectivity index (χ3n) is 2.71. The average molecular weight is 264 g/mol. The Morgan fingerprint density at radius 3 is 2.32 bits per heavy atom. The maximum Gasteiger partial charge on any atom is 0.303 e. The van der Waals surface area contributed by atoms with E-state index in [0.717, 1.165) is 11.1 Å². The normalized spacial score (nSPS) is 13.5. The molecule has 0 aromatic heterocycles. The maximum atomic E-state index is 11.1. The molecule has 1 aromatic carbocycles. The lowest BCUT2D eigenvalue weighted by Gasteiger charge is -2.23. The van der Waals surface area contributed by atoms with Gasteiger partial charge in [0.25, 0.3) is 0 Å². The van der Waals surface area contributed by atoms with Gasteiger partial charge in [-0.3, -0.25) is 9.59 Å². The number of carbonyl (C=O) groups is 2. The van der Waals surface area contributed by atoms with Gasteiger partial charge in [-0.05, 0) is 19.4 Å². The van der Waals surface area contributed by atoms with Gasteiger partial charge in [-0.25, -0.2) is 0 Å². The zero-order valence-electron chi connectivity index (χ0n) is 11.8. The lowest BCUT2D eigenvalue weighted by molar-refractivity contribution is -0.163. The van der Waals surface area contributed by atoms with Crippen molar-refractivity contribution in [1.82, 2.24) is 0 Å². The van der Waals surface area contributed by atoms with Crippen LogP contribution in [0, 0.1) is 6.92 Å². The van der Waals surface area contributed by atoms with Gasteiger partial charge in [0.1, 0.15) is 12.2 Å². The summed E-state index contributed by atoms with van der Waals surface area (Å²) in [5.41, 5.74) is 2.18. The molecule has 0 heterocycles. The van der Waals surface area contributed by atoms with Gasteiger partial charge in [0.2, 0.25) is 0 Å². The second-order valence-corrected chi connectivity index (χ2v) is 4.66. The predicted octanol–water partition coefficient (Wildman–Crippen LogP) is 2.42. The molecule has 1 aromatic rings. The number of rotatable bonds is 5. The van der Waals surface area contributed by atoms with Crippen molar-refractivity contribution < 1.29 is 19.1 Å². The highest BCUT2D eigenvalue weighted by atomic mass is 16.6. The van der Waals surface area contributed by atoms with E-state index in [-0.39, 0.29) is 11.9 Å². The first-order chi connectivity index (χ1) is 8.88. The molecule has 1 rings (SSSR count). The molecule has 4 heteroatoms. The summed E-state index contributed by atoms with van der Waals surface area (Å²) in [6.07, 6.45) is -0.416. The Balaban J connectivity index is 2.79. The molecule has 0 radical (unpaired) electrons. The van der Waals surface area contributed by atoms with Crippen LogP contribution in [0.3, 0.4) is 0 Å². The quantitative estimate of drug-likeness (QED) is 0.766. The summed E-state index contributed by atoms with van der Waals surface area (Å²) in [5.74, 6) is -0.759. The van der Waals surface area contributed by atoms with Crippen molar-refractivity contribution in [3.05, 3.63) is 35.4 Å². The Morgan fingerprint density at radius 1 is 1.16 bits per heavy atom. The van der Waals surface area contributed by atoms with E-state index in [1.807, 2.05) is 31.2 Å². The molecule has 0 aliphatic rings. The first kappa shape index (κ1) is 15.2. The zero-order chi connectivity index (χ0) is 14.4. The number of aryl methyl sites for hydroxylation is 1. The first-order valence-electron chi connectivity index (χ1n) is 6.28. The second kappa shape index (κ2) is 6.92. The summed E-state index contributed by atoms with van der Waals surface area (Å²) in [6, 6.07) is 7.94. The second-order valence-electron chi connectivity index (χ2n) is 4.66. The third kappa shape index (κ3) is 5.55. The van der Waals surface area contributed by atoms with Crippen molar-refractivity contribution >= 4 is 11.9 Å². The topological polar surface area (TPSA) is 52.6 Å². The lowest BCUT2D eigenvalue weighted by Crippen LogP contribution is -2.33. The van der Waals surface area contributed by atoms with Crippen LogP contribution in [-0.2, 0) is 25.5 Å². The van der Waals surface area contributed by atoms with E-state index in [1.165, 1.54) is 13.8 Å². The van der Waals surface area contributed by atoms with Crippen molar-refractivity contribution in [2.75, 3.05) is 0 Å². The van der Waals surface area contributed by atoms with Crippen LogP contribution in [0.2, 0.25) is 0 Å². The van der Waals surface area contributed by atoms with E-state index in [0.29, 0.717) is 6.42 Å². The monoisotopic (exact) mass is 264 g/mol. The van der Waals surface area contributed by atoms with Crippen molar-refractivity contribution in [1.29, 1.82) is 0 Å². The molecule has 0 bridgehead atoms. The van der Waals surface area contributed by atoms with E-state index in [1.54, 1.807) is 6.92 Å². The van der Waals surface area contributed by atoms with E-state index in [2.05, 4.69) is 0 Å². The van der Waals surface area contributed by atoms with Gasteiger partial charge >= 0.3 is 11.9 Å². The Morgan fingerprint density at radius 2 is 1.79 bits per heavy atom. The van der Waals surface area contributed by atoms with E-state index in [4.69, 9.17) is 9.47 Å². The Labute approximate surface area is 113 Å². The molecule has 0 amide bonds. The van der Waals surface area contributed by atoms with Crippen LogP contribution >= 0.6 is 0 Å². The van der Waals surface area contributed by atoms with Crippen molar-refractivity contribution in [3.8, 4) is 0 Å². The van der Waals surface area contributed by atoms with Crippen LogP contribution in [0.4, 0.5) is 0 Å². The molecule has 19 heavy (non-hydrogen) atoms. The van der Waals surface area contributed by atoms with Crippen LogP contribution in [0.25, 0.3) is 0 Å². The smallest absolute Gasteiger partial charge is 0.303 e. The highest BCUT2D eigenvalue weighted by Gasteiger charge is 2.23. The van der Waals surface area contributed by atoms with Crippen LogP contribution in [0.1, 0.15) is 31.9 Å². The number of benzene rings is 1. The summed E-state index contributed by atoms with van der Waals surface area (Å²) >= 11 is 0. The third-order valence-corrected chi connectivity index (χ3v) is 2.71. The van der Waals surface area contributed by atoms with E-state index >= 15 is 0 Å². The van der Waals surface area contributed by atoms with Crippen molar-refractivity contribution in [3.63, 3.8) is 0 Å². The van der Waals surface area contributed by atoms with Gasteiger partial charge in [0, 0.05) is 20.3 Å². The number of esters is 2. The van der Waals surface area contributed by atoms with E-state index < -0.39 is 12.2 Å². The predicted molar refractivity (Wildman–Crippen MR) is 71.7 cm³/mol. The molecule has 2 atom stereocenters. The van der Waals surface area contributed by atoms with Gasteiger partial charge in [-0.2, -0.15) is 0 Å². The molecule has 0 fully saturated rings. The lowest BCUT2D eigenvalue weighted by atomic mass is 10.0. The maximum absolute atomic E-state index is 11.1. The molecule has 0 saturated carbocycles. The number of hydrogen-bond acceptors (Lipinski definition) is 4. The zero-order valence-corrected chi connectivity index (χ0v) is 11.8. The molecule has 0 aliphatic carbocycles. The van der Waals surface area contributed by atoms with Gasteiger partial charge in [0.05, 0.1) is 0 Å². The molecule has 0 saturated heterocycles. The Bertz CT molecular complexity index is 453. The van der Waals surface area contributed by atoms with Crippen molar-refractivity contribution in [2.45, 2.75) is 46.3 Å². The fourth-order valence-electron chi connectivity index (χ4n) is 1.93. The minimum atomic E-state index is -0.470. The minimum Gasteiger partial charge on any atom is -0.459 e. The highest BCUT2D eigenvalue weighted by molar-refractivity contribution is 5.67. The molecule has 0 N–H and O–H groups in total. The summed E-state index contributed by atoms with van der Waals surface area (Å²) in [5, 5.41) is 0. The molecule has 0 spiro atoms. The van der Waals surface area contributed by atoms with E-state index in [9.17, 15) is 9.59 Å². The SMILES string of the molecule is CC(=O)OC(C)C(Cc1cccc(C)c1)OC(C)=O. The molecular formula is C15H20O4.